The van der Waals surface area contributed by atoms with E-state index in [0.717, 1.165) is 17.0 Å². The molecule has 110 valence electrons. The van der Waals surface area contributed by atoms with Crippen LogP contribution in [0.1, 0.15) is 16.1 Å². The predicted octanol–water partition coefficient (Wildman–Crippen LogP) is 4.29. The molecule has 3 rings (SSSR count). The minimum Gasteiger partial charge on any atom is -0.318 e. The second-order valence-electron chi connectivity index (χ2n) is 4.86. The zero-order valence-corrected chi connectivity index (χ0v) is 12.7. The van der Waals surface area contributed by atoms with E-state index in [2.05, 4.69) is 15.5 Å². The number of aromatic nitrogens is 2. The molecular formula is C17H14ClN3O. The molecule has 1 aromatic heterocycles. The maximum atomic E-state index is 12.4. The molecule has 22 heavy (non-hydrogen) atoms. The van der Waals surface area contributed by atoms with E-state index in [1.54, 1.807) is 24.3 Å². The van der Waals surface area contributed by atoms with Crippen molar-refractivity contribution in [2.45, 2.75) is 6.92 Å². The minimum atomic E-state index is -0.257. The lowest BCUT2D eigenvalue weighted by atomic mass is 10.1. The van der Waals surface area contributed by atoms with Crippen LogP contribution in [-0.4, -0.2) is 16.1 Å². The van der Waals surface area contributed by atoms with Gasteiger partial charge in [0, 0.05) is 5.56 Å². The maximum absolute atomic E-state index is 12.4. The molecule has 0 bridgehead atoms. The van der Waals surface area contributed by atoms with E-state index >= 15 is 0 Å². The molecule has 2 N–H and O–H groups in total. The van der Waals surface area contributed by atoms with E-state index in [4.69, 9.17) is 11.6 Å². The van der Waals surface area contributed by atoms with Gasteiger partial charge in [-0.2, -0.15) is 5.10 Å². The van der Waals surface area contributed by atoms with Gasteiger partial charge in [0.15, 0.2) is 0 Å². The fourth-order valence-corrected chi connectivity index (χ4v) is 2.45. The van der Waals surface area contributed by atoms with Crippen LogP contribution in [0.4, 0.5) is 5.69 Å². The number of carbonyl (C=O) groups is 1. The summed E-state index contributed by atoms with van der Waals surface area (Å²) in [4.78, 5) is 12.4. The number of anilines is 1. The van der Waals surface area contributed by atoms with Crippen molar-refractivity contribution in [2.24, 2.45) is 0 Å². The molecule has 4 nitrogen and oxygen atoms in total. The molecule has 0 saturated heterocycles. The van der Waals surface area contributed by atoms with Gasteiger partial charge in [-0.05, 0) is 19.1 Å². The van der Waals surface area contributed by atoms with Crippen molar-refractivity contribution in [3.05, 3.63) is 70.9 Å². The summed E-state index contributed by atoms with van der Waals surface area (Å²) in [6.07, 6.45) is 0. The lowest BCUT2D eigenvalue weighted by Crippen LogP contribution is -2.13. The van der Waals surface area contributed by atoms with Gasteiger partial charge in [-0.3, -0.25) is 9.89 Å². The van der Waals surface area contributed by atoms with Gasteiger partial charge in [0.05, 0.1) is 27.7 Å². The molecule has 0 aliphatic carbocycles. The lowest BCUT2D eigenvalue weighted by molar-refractivity contribution is 0.102. The smallest absolute Gasteiger partial charge is 0.257 e. The summed E-state index contributed by atoms with van der Waals surface area (Å²) in [5.74, 6) is -0.257. The zero-order chi connectivity index (χ0) is 15.5. The Morgan fingerprint density at radius 1 is 1.09 bits per heavy atom. The third kappa shape index (κ3) is 2.73. The number of aromatic amines is 1. The molecule has 0 fully saturated rings. The molecule has 0 aliphatic heterocycles. The van der Waals surface area contributed by atoms with Crippen LogP contribution < -0.4 is 5.32 Å². The standard InChI is InChI=1S/C17H14ClN3O/c1-11-15(16(21-20-11)12-7-3-2-4-8-12)19-17(22)13-9-5-6-10-14(13)18/h2-10H,1H3,(H,19,22)(H,20,21). The Morgan fingerprint density at radius 3 is 2.50 bits per heavy atom. The summed E-state index contributed by atoms with van der Waals surface area (Å²) in [6.45, 7) is 1.84. The Labute approximate surface area is 133 Å². The Morgan fingerprint density at radius 2 is 1.77 bits per heavy atom. The molecule has 3 aromatic rings. The molecule has 0 spiro atoms. The largest absolute Gasteiger partial charge is 0.318 e. The van der Waals surface area contributed by atoms with Crippen LogP contribution in [0.25, 0.3) is 11.3 Å². The van der Waals surface area contributed by atoms with Crippen LogP contribution in [-0.2, 0) is 0 Å². The first-order valence-electron chi connectivity index (χ1n) is 6.83. The fraction of sp³-hybridized carbons (Fsp3) is 0.0588. The van der Waals surface area contributed by atoms with Gasteiger partial charge in [0.2, 0.25) is 0 Å². The van der Waals surface area contributed by atoms with Gasteiger partial charge in [-0.15, -0.1) is 0 Å². The van der Waals surface area contributed by atoms with Crippen molar-refractivity contribution in [2.75, 3.05) is 5.32 Å². The second-order valence-corrected chi connectivity index (χ2v) is 5.27. The molecule has 2 aromatic carbocycles. The van der Waals surface area contributed by atoms with Crippen molar-refractivity contribution in [1.82, 2.24) is 10.2 Å². The summed E-state index contributed by atoms with van der Waals surface area (Å²) < 4.78 is 0. The van der Waals surface area contributed by atoms with Crippen LogP contribution in [0.3, 0.4) is 0 Å². The number of hydrogen-bond acceptors (Lipinski definition) is 2. The van der Waals surface area contributed by atoms with Crippen molar-refractivity contribution in [3.8, 4) is 11.3 Å². The van der Waals surface area contributed by atoms with Gasteiger partial charge in [-0.25, -0.2) is 0 Å². The normalized spacial score (nSPS) is 10.5. The lowest BCUT2D eigenvalue weighted by Gasteiger charge is -2.08. The Kier molecular flexibility index (Phi) is 3.94. The fourth-order valence-electron chi connectivity index (χ4n) is 2.23. The van der Waals surface area contributed by atoms with Crippen LogP contribution >= 0.6 is 11.6 Å². The Balaban J connectivity index is 1.95. The quantitative estimate of drug-likeness (QED) is 0.758. The Hall–Kier alpha value is -2.59. The number of rotatable bonds is 3. The minimum absolute atomic E-state index is 0.257. The number of nitrogens with one attached hydrogen (secondary N) is 2. The van der Waals surface area contributed by atoms with Gasteiger partial charge < -0.3 is 5.32 Å². The van der Waals surface area contributed by atoms with Crippen LogP contribution in [0, 0.1) is 6.92 Å². The van der Waals surface area contributed by atoms with Crippen LogP contribution in [0.5, 0.6) is 0 Å². The zero-order valence-electron chi connectivity index (χ0n) is 11.9. The highest BCUT2D eigenvalue weighted by molar-refractivity contribution is 6.34. The molecule has 0 radical (unpaired) electrons. The number of carbonyl (C=O) groups excluding carboxylic acids is 1. The molecular weight excluding hydrogens is 298 g/mol. The SMILES string of the molecule is Cc1n[nH]c(-c2ccccc2)c1NC(=O)c1ccccc1Cl. The number of nitrogens with zero attached hydrogens (tertiary/aromatic N) is 1. The number of halogens is 1. The third-order valence-electron chi connectivity index (χ3n) is 3.37. The third-order valence-corrected chi connectivity index (χ3v) is 3.70. The topological polar surface area (TPSA) is 57.8 Å². The predicted molar refractivity (Wildman–Crippen MR) is 88.2 cm³/mol. The molecule has 5 heteroatoms. The van der Waals surface area contributed by atoms with Crippen molar-refractivity contribution in [1.29, 1.82) is 0 Å². The van der Waals surface area contributed by atoms with E-state index in [0.29, 0.717) is 16.3 Å². The number of benzene rings is 2. The maximum Gasteiger partial charge on any atom is 0.257 e. The monoisotopic (exact) mass is 311 g/mol. The first-order chi connectivity index (χ1) is 10.7. The van der Waals surface area contributed by atoms with E-state index in [1.165, 1.54) is 0 Å². The number of hydrogen-bond donors (Lipinski definition) is 2. The molecule has 1 amide bonds. The number of aryl methyl sites for hydroxylation is 1. The highest BCUT2D eigenvalue weighted by atomic mass is 35.5. The summed E-state index contributed by atoms with van der Waals surface area (Å²) in [5.41, 5.74) is 3.55. The van der Waals surface area contributed by atoms with E-state index in [-0.39, 0.29) is 5.91 Å². The summed E-state index contributed by atoms with van der Waals surface area (Å²) in [7, 11) is 0. The van der Waals surface area contributed by atoms with Crippen LogP contribution in [0.15, 0.2) is 54.6 Å². The molecule has 0 atom stereocenters. The van der Waals surface area contributed by atoms with Crippen molar-refractivity contribution >= 4 is 23.2 Å². The number of amides is 1. The van der Waals surface area contributed by atoms with Gasteiger partial charge >= 0.3 is 0 Å². The average Bonchev–Trinajstić information content (AvgIpc) is 2.89. The molecule has 0 aliphatic rings. The van der Waals surface area contributed by atoms with E-state index in [9.17, 15) is 4.79 Å². The first-order valence-corrected chi connectivity index (χ1v) is 7.21. The van der Waals surface area contributed by atoms with Gasteiger partial charge in [-0.1, -0.05) is 54.1 Å². The summed E-state index contributed by atoms with van der Waals surface area (Å²) in [6, 6.07) is 16.7. The molecule has 0 unspecified atom stereocenters. The summed E-state index contributed by atoms with van der Waals surface area (Å²) in [5, 5.41) is 10.5. The molecule has 0 saturated carbocycles. The molecule has 1 heterocycles. The summed E-state index contributed by atoms with van der Waals surface area (Å²) >= 11 is 6.07. The highest BCUT2D eigenvalue weighted by Gasteiger charge is 2.16. The second kappa shape index (κ2) is 6.03. The Bertz CT molecular complexity index is 812. The van der Waals surface area contributed by atoms with Gasteiger partial charge in [0.1, 0.15) is 0 Å². The van der Waals surface area contributed by atoms with Crippen LogP contribution in [0.2, 0.25) is 5.02 Å². The first kappa shape index (κ1) is 14.4. The van der Waals surface area contributed by atoms with Crippen molar-refractivity contribution in [3.63, 3.8) is 0 Å². The number of H-pyrrole nitrogens is 1. The highest BCUT2D eigenvalue weighted by Crippen LogP contribution is 2.29. The van der Waals surface area contributed by atoms with E-state index in [1.807, 2.05) is 37.3 Å². The average molecular weight is 312 g/mol. The van der Waals surface area contributed by atoms with Crippen molar-refractivity contribution < 1.29 is 4.79 Å². The van der Waals surface area contributed by atoms with E-state index < -0.39 is 0 Å². The van der Waals surface area contributed by atoms with Gasteiger partial charge in [0.25, 0.3) is 5.91 Å².